The number of nitrogens with one attached hydrogen (secondary N) is 2. The van der Waals surface area contributed by atoms with E-state index >= 15 is 0 Å². The van der Waals surface area contributed by atoms with Crippen molar-refractivity contribution in [3.8, 4) is 0 Å². The Balaban J connectivity index is 1.72. The van der Waals surface area contributed by atoms with Crippen LogP contribution in [0.15, 0.2) is 24.4 Å². The molecule has 6 nitrogen and oxygen atoms in total. The Morgan fingerprint density at radius 3 is 2.95 bits per heavy atom. The highest BCUT2D eigenvalue weighted by atomic mass is 16.5. The van der Waals surface area contributed by atoms with Gasteiger partial charge < -0.3 is 10.1 Å². The molecule has 1 aliphatic heterocycles. The number of hydrogen-bond acceptors (Lipinski definition) is 4. The van der Waals surface area contributed by atoms with E-state index in [1.165, 1.54) is 0 Å². The molecule has 2 N–H and O–H groups in total. The molecular weight excluding hydrogens is 244 g/mol. The van der Waals surface area contributed by atoms with Crippen LogP contribution in [-0.2, 0) is 4.74 Å². The van der Waals surface area contributed by atoms with Crippen LogP contribution in [0.3, 0.4) is 0 Å². The molecule has 1 saturated heterocycles. The SMILES string of the molecule is C[C@H](CN1CCOCC1)NC(=O)Nc1ccccn1. The van der Waals surface area contributed by atoms with E-state index in [0.29, 0.717) is 5.82 Å². The number of hydrogen-bond donors (Lipinski definition) is 2. The lowest BCUT2D eigenvalue weighted by atomic mass is 10.3. The molecule has 0 aliphatic carbocycles. The fourth-order valence-electron chi connectivity index (χ4n) is 2.03. The lowest BCUT2D eigenvalue weighted by Crippen LogP contribution is -2.47. The second-order valence-electron chi connectivity index (χ2n) is 4.63. The van der Waals surface area contributed by atoms with Crippen molar-refractivity contribution in [2.45, 2.75) is 13.0 Å². The maximum Gasteiger partial charge on any atom is 0.320 e. The van der Waals surface area contributed by atoms with E-state index in [0.717, 1.165) is 32.8 Å². The molecule has 0 spiro atoms. The first kappa shape index (κ1) is 13.8. The van der Waals surface area contributed by atoms with Crippen molar-refractivity contribution in [2.24, 2.45) is 0 Å². The highest BCUT2D eigenvalue weighted by molar-refractivity contribution is 5.88. The standard InChI is InChI=1S/C13H20N4O2/c1-11(10-17-6-8-19-9-7-17)15-13(18)16-12-4-2-3-5-14-12/h2-5,11H,6-10H2,1H3,(H2,14,15,16,18)/t11-/m1/s1. The number of carbonyl (C=O) groups excluding carboxylic acids is 1. The molecule has 0 unspecified atom stereocenters. The van der Waals surface area contributed by atoms with Gasteiger partial charge in [-0.15, -0.1) is 0 Å². The number of aromatic nitrogens is 1. The number of nitrogens with zero attached hydrogens (tertiary/aromatic N) is 2. The van der Waals surface area contributed by atoms with Gasteiger partial charge in [0, 0.05) is 31.9 Å². The molecular formula is C13H20N4O2. The Morgan fingerprint density at radius 1 is 1.47 bits per heavy atom. The Kier molecular flexibility index (Phi) is 5.11. The van der Waals surface area contributed by atoms with Gasteiger partial charge in [-0.2, -0.15) is 0 Å². The van der Waals surface area contributed by atoms with Gasteiger partial charge in [-0.05, 0) is 19.1 Å². The van der Waals surface area contributed by atoms with Crippen LogP contribution in [0.25, 0.3) is 0 Å². The third-order valence-corrected chi connectivity index (χ3v) is 2.92. The van der Waals surface area contributed by atoms with Crippen LogP contribution in [0.1, 0.15) is 6.92 Å². The molecule has 2 rings (SSSR count). The summed E-state index contributed by atoms with van der Waals surface area (Å²) < 4.78 is 5.29. The van der Waals surface area contributed by atoms with Gasteiger partial charge in [-0.3, -0.25) is 10.2 Å². The zero-order valence-electron chi connectivity index (χ0n) is 11.1. The summed E-state index contributed by atoms with van der Waals surface area (Å²) in [5.41, 5.74) is 0. The van der Waals surface area contributed by atoms with Crippen LogP contribution in [0.2, 0.25) is 0 Å². The molecule has 1 fully saturated rings. The third kappa shape index (κ3) is 4.84. The normalized spacial score (nSPS) is 17.7. The van der Waals surface area contributed by atoms with Crippen molar-refractivity contribution in [1.82, 2.24) is 15.2 Å². The summed E-state index contributed by atoms with van der Waals surface area (Å²) in [6.45, 7) is 6.22. The predicted octanol–water partition coefficient (Wildman–Crippen LogP) is 0.924. The first-order chi connectivity index (χ1) is 9.24. The van der Waals surface area contributed by atoms with E-state index in [1.54, 1.807) is 12.3 Å². The van der Waals surface area contributed by atoms with Crippen molar-refractivity contribution in [2.75, 3.05) is 38.2 Å². The second-order valence-corrected chi connectivity index (χ2v) is 4.63. The number of ether oxygens (including phenoxy) is 1. The van der Waals surface area contributed by atoms with Gasteiger partial charge in [0.05, 0.1) is 13.2 Å². The maximum absolute atomic E-state index is 11.8. The molecule has 1 aromatic heterocycles. The topological polar surface area (TPSA) is 66.5 Å². The van der Waals surface area contributed by atoms with Crippen molar-refractivity contribution in [1.29, 1.82) is 0 Å². The van der Waals surface area contributed by atoms with Crippen molar-refractivity contribution in [3.63, 3.8) is 0 Å². The van der Waals surface area contributed by atoms with Crippen LogP contribution in [-0.4, -0.2) is 54.8 Å². The van der Waals surface area contributed by atoms with E-state index in [1.807, 2.05) is 19.1 Å². The minimum atomic E-state index is -0.223. The van der Waals surface area contributed by atoms with Gasteiger partial charge in [0.1, 0.15) is 5.82 Å². The van der Waals surface area contributed by atoms with Gasteiger partial charge in [0.25, 0.3) is 0 Å². The third-order valence-electron chi connectivity index (χ3n) is 2.92. The van der Waals surface area contributed by atoms with E-state index in [-0.39, 0.29) is 12.1 Å². The Hall–Kier alpha value is -1.66. The van der Waals surface area contributed by atoms with Gasteiger partial charge in [-0.25, -0.2) is 9.78 Å². The van der Waals surface area contributed by atoms with E-state index < -0.39 is 0 Å². The number of carbonyl (C=O) groups is 1. The van der Waals surface area contributed by atoms with Crippen LogP contribution in [0.4, 0.5) is 10.6 Å². The van der Waals surface area contributed by atoms with Crippen LogP contribution in [0.5, 0.6) is 0 Å². The van der Waals surface area contributed by atoms with Crippen molar-refractivity contribution >= 4 is 11.8 Å². The van der Waals surface area contributed by atoms with E-state index in [9.17, 15) is 4.79 Å². The number of pyridine rings is 1. The van der Waals surface area contributed by atoms with E-state index in [4.69, 9.17) is 4.74 Å². The predicted molar refractivity (Wildman–Crippen MR) is 73.1 cm³/mol. The molecule has 1 atom stereocenters. The minimum absolute atomic E-state index is 0.0850. The largest absolute Gasteiger partial charge is 0.379 e. The van der Waals surface area contributed by atoms with Gasteiger partial charge >= 0.3 is 6.03 Å². The Bertz CT molecular complexity index is 393. The van der Waals surface area contributed by atoms with Crippen LogP contribution < -0.4 is 10.6 Å². The van der Waals surface area contributed by atoms with Gasteiger partial charge in [0.2, 0.25) is 0 Å². The highest BCUT2D eigenvalue weighted by Crippen LogP contribution is 2.01. The second kappa shape index (κ2) is 7.06. The summed E-state index contributed by atoms with van der Waals surface area (Å²) in [6, 6.07) is 5.26. The smallest absolute Gasteiger partial charge is 0.320 e. The molecule has 1 aromatic rings. The van der Waals surface area contributed by atoms with Crippen molar-refractivity contribution < 1.29 is 9.53 Å². The van der Waals surface area contributed by atoms with Gasteiger partial charge in [-0.1, -0.05) is 6.07 Å². The quantitative estimate of drug-likeness (QED) is 0.849. The molecule has 2 amide bonds. The number of morpholine rings is 1. The summed E-state index contributed by atoms with van der Waals surface area (Å²) in [5, 5.41) is 5.61. The Morgan fingerprint density at radius 2 is 2.26 bits per heavy atom. The summed E-state index contributed by atoms with van der Waals surface area (Å²) in [5.74, 6) is 0.554. The summed E-state index contributed by atoms with van der Waals surface area (Å²) in [6.07, 6.45) is 1.65. The molecule has 2 heterocycles. The molecule has 0 bridgehead atoms. The van der Waals surface area contributed by atoms with Crippen molar-refractivity contribution in [3.05, 3.63) is 24.4 Å². The highest BCUT2D eigenvalue weighted by Gasteiger charge is 2.15. The zero-order valence-corrected chi connectivity index (χ0v) is 11.1. The fraction of sp³-hybridized carbons (Fsp3) is 0.538. The minimum Gasteiger partial charge on any atom is -0.379 e. The van der Waals surface area contributed by atoms with Gasteiger partial charge in [0.15, 0.2) is 0 Å². The maximum atomic E-state index is 11.8. The molecule has 6 heteroatoms. The summed E-state index contributed by atoms with van der Waals surface area (Å²) in [4.78, 5) is 18.1. The number of anilines is 1. The molecule has 0 saturated carbocycles. The summed E-state index contributed by atoms with van der Waals surface area (Å²) >= 11 is 0. The summed E-state index contributed by atoms with van der Waals surface area (Å²) in [7, 11) is 0. The van der Waals surface area contributed by atoms with Crippen LogP contribution >= 0.6 is 0 Å². The average Bonchev–Trinajstić information content (AvgIpc) is 2.40. The zero-order chi connectivity index (χ0) is 13.5. The molecule has 104 valence electrons. The monoisotopic (exact) mass is 264 g/mol. The molecule has 0 aromatic carbocycles. The number of amides is 2. The lowest BCUT2D eigenvalue weighted by molar-refractivity contribution is 0.0350. The Labute approximate surface area is 113 Å². The van der Waals surface area contributed by atoms with Crippen LogP contribution in [0, 0.1) is 0 Å². The average molecular weight is 264 g/mol. The molecule has 0 radical (unpaired) electrons. The first-order valence-corrected chi connectivity index (χ1v) is 6.52. The fourth-order valence-corrected chi connectivity index (χ4v) is 2.03. The lowest BCUT2D eigenvalue weighted by Gasteiger charge is -2.29. The van der Waals surface area contributed by atoms with E-state index in [2.05, 4.69) is 20.5 Å². The number of rotatable bonds is 4. The number of urea groups is 1. The molecule has 19 heavy (non-hydrogen) atoms. The molecule has 1 aliphatic rings. The first-order valence-electron chi connectivity index (χ1n) is 6.52.